The third kappa shape index (κ3) is 3.95. The highest BCUT2D eigenvalue weighted by Gasteiger charge is 2.23. The smallest absolute Gasteiger partial charge is 0.341 e. The molecule has 0 spiro atoms. The van der Waals surface area contributed by atoms with E-state index in [-0.39, 0.29) is 33.7 Å². The van der Waals surface area contributed by atoms with Crippen molar-refractivity contribution in [1.82, 2.24) is 4.98 Å². The summed E-state index contributed by atoms with van der Waals surface area (Å²) in [6.07, 6.45) is 1.36. The summed E-state index contributed by atoms with van der Waals surface area (Å²) < 4.78 is 37.5. The molecule has 9 heteroatoms. The van der Waals surface area contributed by atoms with Gasteiger partial charge in [0.2, 0.25) is 0 Å². The van der Waals surface area contributed by atoms with Crippen LogP contribution in [-0.2, 0) is 14.8 Å². The molecule has 0 bridgehead atoms. The molecule has 1 aromatic heterocycles. The standard InChI is InChI=1S/C15H15ClN2O5S/c1-3-23-15(19)11-5-4-8-17-14(11)18-24(20,21)13-9-10(16)6-7-12(13)22-2/h4-9H,3H2,1-2H3,(H,17,18). The van der Waals surface area contributed by atoms with Crippen molar-refractivity contribution < 1.29 is 22.7 Å². The molecule has 0 aliphatic rings. The van der Waals surface area contributed by atoms with Crippen molar-refractivity contribution in [3.8, 4) is 5.75 Å². The van der Waals surface area contributed by atoms with Gasteiger partial charge in [-0.1, -0.05) is 11.6 Å². The first-order valence-electron chi connectivity index (χ1n) is 6.87. The number of nitrogens with one attached hydrogen (secondary N) is 1. The molecule has 128 valence electrons. The van der Waals surface area contributed by atoms with E-state index in [2.05, 4.69) is 9.71 Å². The number of ether oxygens (including phenoxy) is 2. The van der Waals surface area contributed by atoms with Gasteiger partial charge >= 0.3 is 5.97 Å². The molecule has 0 atom stereocenters. The van der Waals surface area contributed by atoms with Gasteiger partial charge in [-0.3, -0.25) is 4.72 Å². The van der Waals surface area contributed by atoms with Crippen LogP contribution in [0, 0.1) is 0 Å². The average molecular weight is 371 g/mol. The molecule has 0 saturated heterocycles. The number of nitrogens with zero attached hydrogens (tertiary/aromatic N) is 1. The molecule has 2 aromatic rings. The number of aromatic nitrogens is 1. The van der Waals surface area contributed by atoms with Crippen molar-refractivity contribution in [1.29, 1.82) is 0 Å². The summed E-state index contributed by atoms with van der Waals surface area (Å²) in [4.78, 5) is 15.7. The summed E-state index contributed by atoms with van der Waals surface area (Å²) in [5, 5.41) is 0.225. The Bertz CT molecular complexity index is 855. The van der Waals surface area contributed by atoms with E-state index < -0.39 is 16.0 Å². The number of benzene rings is 1. The topological polar surface area (TPSA) is 94.6 Å². The van der Waals surface area contributed by atoms with Gasteiger partial charge in [0, 0.05) is 11.2 Å². The van der Waals surface area contributed by atoms with Gasteiger partial charge in [0.25, 0.3) is 10.0 Å². The Kier molecular flexibility index (Phi) is 5.63. The number of carbonyl (C=O) groups is 1. The van der Waals surface area contributed by atoms with Crippen LogP contribution in [0.25, 0.3) is 0 Å². The maximum Gasteiger partial charge on any atom is 0.341 e. The Morgan fingerprint density at radius 1 is 1.33 bits per heavy atom. The predicted molar refractivity (Wildman–Crippen MR) is 89.0 cm³/mol. The lowest BCUT2D eigenvalue weighted by molar-refractivity contribution is 0.0527. The summed E-state index contributed by atoms with van der Waals surface area (Å²) in [6.45, 7) is 1.80. The van der Waals surface area contributed by atoms with Crippen molar-refractivity contribution >= 4 is 33.4 Å². The highest BCUT2D eigenvalue weighted by molar-refractivity contribution is 7.92. The van der Waals surface area contributed by atoms with E-state index in [4.69, 9.17) is 21.1 Å². The Balaban J connectivity index is 2.44. The lowest BCUT2D eigenvalue weighted by Gasteiger charge is -2.13. The summed E-state index contributed by atoms with van der Waals surface area (Å²) >= 11 is 5.87. The Morgan fingerprint density at radius 2 is 2.08 bits per heavy atom. The van der Waals surface area contributed by atoms with Gasteiger partial charge in [-0.05, 0) is 37.3 Å². The van der Waals surface area contributed by atoms with Crippen LogP contribution in [0.1, 0.15) is 17.3 Å². The van der Waals surface area contributed by atoms with Crippen LogP contribution in [0.4, 0.5) is 5.82 Å². The van der Waals surface area contributed by atoms with Gasteiger partial charge in [-0.2, -0.15) is 0 Å². The van der Waals surface area contributed by atoms with Gasteiger partial charge in [0.1, 0.15) is 16.2 Å². The van der Waals surface area contributed by atoms with E-state index in [1.165, 1.54) is 43.6 Å². The number of pyridine rings is 1. The second kappa shape index (κ2) is 7.50. The molecule has 0 aliphatic carbocycles. The molecule has 0 amide bonds. The fourth-order valence-electron chi connectivity index (χ4n) is 1.90. The number of carbonyl (C=O) groups excluding carboxylic acids is 1. The zero-order chi connectivity index (χ0) is 17.7. The van der Waals surface area contributed by atoms with Crippen molar-refractivity contribution in [2.45, 2.75) is 11.8 Å². The summed E-state index contributed by atoms with van der Waals surface area (Å²) in [7, 11) is -2.74. The van der Waals surface area contributed by atoms with E-state index in [1.807, 2.05) is 0 Å². The van der Waals surface area contributed by atoms with Crippen molar-refractivity contribution in [2.24, 2.45) is 0 Å². The maximum atomic E-state index is 12.6. The van der Waals surface area contributed by atoms with Crippen LogP contribution in [0.2, 0.25) is 5.02 Å². The van der Waals surface area contributed by atoms with Gasteiger partial charge in [0.05, 0.1) is 13.7 Å². The molecule has 0 saturated carbocycles. The molecule has 7 nitrogen and oxygen atoms in total. The van der Waals surface area contributed by atoms with Gasteiger partial charge < -0.3 is 9.47 Å². The van der Waals surface area contributed by atoms with E-state index in [0.29, 0.717) is 0 Å². The summed E-state index contributed by atoms with van der Waals surface area (Å²) in [5.74, 6) is -0.708. The molecule has 1 aromatic carbocycles. The molecule has 1 N–H and O–H groups in total. The van der Waals surface area contributed by atoms with Crippen molar-refractivity contribution in [3.63, 3.8) is 0 Å². The largest absolute Gasteiger partial charge is 0.495 e. The lowest BCUT2D eigenvalue weighted by atomic mass is 10.2. The minimum atomic E-state index is -4.08. The Morgan fingerprint density at radius 3 is 2.75 bits per heavy atom. The molecule has 0 aliphatic heterocycles. The fourth-order valence-corrected chi connectivity index (χ4v) is 3.37. The van der Waals surface area contributed by atoms with Crippen LogP contribution < -0.4 is 9.46 Å². The third-order valence-corrected chi connectivity index (χ3v) is 4.54. The molecule has 1 heterocycles. The summed E-state index contributed by atoms with van der Waals surface area (Å²) in [6, 6.07) is 7.10. The van der Waals surface area contributed by atoms with Gasteiger partial charge in [-0.25, -0.2) is 18.2 Å². The third-order valence-electron chi connectivity index (χ3n) is 2.95. The Hall–Kier alpha value is -2.32. The molecule has 24 heavy (non-hydrogen) atoms. The first-order valence-corrected chi connectivity index (χ1v) is 8.73. The second-order valence-electron chi connectivity index (χ2n) is 4.52. The number of methoxy groups -OCH3 is 1. The fraction of sp³-hybridized carbons (Fsp3) is 0.200. The SMILES string of the molecule is CCOC(=O)c1cccnc1NS(=O)(=O)c1cc(Cl)ccc1OC. The molecular weight excluding hydrogens is 356 g/mol. The number of sulfonamides is 1. The minimum absolute atomic E-state index is 0.00363. The number of hydrogen-bond donors (Lipinski definition) is 1. The molecule has 0 fully saturated rings. The molecule has 2 rings (SSSR count). The number of hydrogen-bond acceptors (Lipinski definition) is 6. The highest BCUT2D eigenvalue weighted by atomic mass is 35.5. The molecule has 0 unspecified atom stereocenters. The average Bonchev–Trinajstić information content (AvgIpc) is 2.55. The quantitative estimate of drug-likeness (QED) is 0.785. The number of esters is 1. The van der Waals surface area contributed by atoms with Crippen LogP contribution in [0.3, 0.4) is 0 Å². The minimum Gasteiger partial charge on any atom is -0.495 e. The molecule has 0 radical (unpaired) electrons. The van der Waals surface area contributed by atoms with Gasteiger partial charge in [-0.15, -0.1) is 0 Å². The van der Waals surface area contributed by atoms with Crippen LogP contribution in [0.15, 0.2) is 41.4 Å². The number of anilines is 1. The van der Waals surface area contributed by atoms with Crippen LogP contribution in [0.5, 0.6) is 5.75 Å². The highest BCUT2D eigenvalue weighted by Crippen LogP contribution is 2.29. The van der Waals surface area contributed by atoms with E-state index in [1.54, 1.807) is 6.92 Å². The van der Waals surface area contributed by atoms with Gasteiger partial charge in [0.15, 0.2) is 5.82 Å². The number of halogens is 1. The second-order valence-corrected chi connectivity index (χ2v) is 6.61. The first kappa shape index (κ1) is 18.0. The van der Waals surface area contributed by atoms with Crippen molar-refractivity contribution in [2.75, 3.05) is 18.4 Å². The Labute approximate surface area is 144 Å². The van der Waals surface area contributed by atoms with Crippen molar-refractivity contribution in [3.05, 3.63) is 47.1 Å². The monoisotopic (exact) mass is 370 g/mol. The first-order chi connectivity index (χ1) is 11.4. The molecular formula is C15H15ClN2O5S. The maximum absolute atomic E-state index is 12.6. The lowest BCUT2D eigenvalue weighted by Crippen LogP contribution is -2.18. The zero-order valence-corrected chi connectivity index (χ0v) is 14.5. The summed E-state index contributed by atoms with van der Waals surface area (Å²) in [5.41, 5.74) is 0.00363. The predicted octanol–water partition coefficient (Wildman–Crippen LogP) is 2.72. The van der Waals surface area contributed by atoms with Crippen LogP contribution >= 0.6 is 11.6 Å². The van der Waals surface area contributed by atoms with E-state index >= 15 is 0 Å². The number of rotatable bonds is 6. The van der Waals surface area contributed by atoms with E-state index in [0.717, 1.165) is 0 Å². The normalized spacial score (nSPS) is 11.0. The zero-order valence-electron chi connectivity index (χ0n) is 12.9. The van der Waals surface area contributed by atoms with E-state index in [9.17, 15) is 13.2 Å². The van der Waals surface area contributed by atoms with Crippen LogP contribution in [-0.4, -0.2) is 33.1 Å².